The van der Waals surface area contributed by atoms with Crippen LogP contribution in [-0.2, 0) is 6.42 Å². The summed E-state index contributed by atoms with van der Waals surface area (Å²) in [5, 5.41) is 15.8. The molecule has 2 aromatic rings. The number of nitrogens with zero attached hydrogens (tertiary/aromatic N) is 1. The molecular formula is C20H21F2N3. The van der Waals surface area contributed by atoms with Crippen molar-refractivity contribution in [2.45, 2.75) is 26.2 Å². The van der Waals surface area contributed by atoms with Crippen LogP contribution in [-0.4, -0.2) is 13.1 Å². The molecule has 5 heteroatoms. The Kier molecular flexibility index (Phi) is 5.30. The average Bonchev–Trinajstić information content (AvgIpc) is 2.58. The second-order valence-electron chi connectivity index (χ2n) is 6.61. The van der Waals surface area contributed by atoms with Crippen LogP contribution in [0.2, 0.25) is 0 Å². The van der Waals surface area contributed by atoms with Gasteiger partial charge in [0.25, 0.3) is 0 Å². The van der Waals surface area contributed by atoms with E-state index in [0.717, 1.165) is 31.5 Å². The molecule has 2 N–H and O–H groups in total. The number of anilines is 2. The highest BCUT2D eigenvalue weighted by molar-refractivity contribution is 5.69. The normalized spacial score (nSPS) is 15.0. The van der Waals surface area contributed by atoms with Crippen molar-refractivity contribution in [2.75, 3.05) is 18.4 Å². The number of nitrogens with one attached hydrogen (secondary N) is 2. The number of benzene rings is 2. The van der Waals surface area contributed by atoms with Crippen LogP contribution >= 0.6 is 0 Å². The smallest absolute Gasteiger partial charge is 0.146 e. The lowest BCUT2D eigenvalue weighted by Crippen LogP contribution is -2.28. The highest BCUT2D eigenvalue weighted by atomic mass is 19.1. The quantitative estimate of drug-likeness (QED) is 0.865. The van der Waals surface area contributed by atoms with Crippen LogP contribution in [0.25, 0.3) is 0 Å². The molecule has 2 aromatic carbocycles. The molecule has 1 fully saturated rings. The van der Waals surface area contributed by atoms with Gasteiger partial charge in [-0.05, 0) is 80.6 Å². The van der Waals surface area contributed by atoms with Gasteiger partial charge in [0.1, 0.15) is 17.7 Å². The van der Waals surface area contributed by atoms with E-state index < -0.39 is 11.6 Å². The fourth-order valence-electron chi connectivity index (χ4n) is 3.32. The Balaban J connectivity index is 1.91. The van der Waals surface area contributed by atoms with E-state index in [1.54, 1.807) is 19.1 Å². The Hall–Kier alpha value is -2.45. The lowest BCUT2D eigenvalue weighted by atomic mass is 9.88. The Morgan fingerprint density at radius 3 is 2.60 bits per heavy atom. The molecule has 0 amide bonds. The van der Waals surface area contributed by atoms with Gasteiger partial charge in [0.05, 0.1) is 16.9 Å². The van der Waals surface area contributed by atoms with Gasteiger partial charge < -0.3 is 10.6 Å². The number of piperidine rings is 1. The van der Waals surface area contributed by atoms with Crippen molar-refractivity contribution in [3.63, 3.8) is 0 Å². The standard InChI is InChI=1S/C20H21F2N3/c1-13-2-3-19(18(22)8-13)25-20-11-16(21)10-15(17(20)12-23)9-14-4-6-24-7-5-14/h2-3,8,10-11,14,24-25H,4-7,9H2,1H3. The number of hydrogen-bond acceptors (Lipinski definition) is 3. The van der Waals surface area contributed by atoms with Crippen molar-refractivity contribution in [3.05, 3.63) is 58.7 Å². The van der Waals surface area contributed by atoms with Gasteiger partial charge in [-0.1, -0.05) is 6.07 Å². The van der Waals surface area contributed by atoms with Crippen molar-refractivity contribution in [3.8, 4) is 6.07 Å². The summed E-state index contributed by atoms with van der Waals surface area (Å²) in [5.74, 6) is -0.412. The molecule has 0 bridgehead atoms. The molecule has 1 saturated heterocycles. The molecule has 3 nitrogen and oxygen atoms in total. The van der Waals surface area contributed by atoms with E-state index in [2.05, 4.69) is 16.7 Å². The third-order valence-corrected chi connectivity index (χ3v) is 4.66. The van der Waals surface area contributed by atoms with E-state index >= 15 is 0 Å². The van der Waals surface area contributed by atoms with Gasteiger partial charge in [-0.25, -0.2) is 8.78 Å². The molecule has 3 rings (SSSR count). The van der Waals surface area contributed by atoms with E-state index in [-0.39, 0.29) is 5.69 Å². The second-order valence-corrected chi connectivity index (χ2v) is 6.61. The summed E-state index contributed by atoms with van der Waals surface area (Å²) in [6.45, 7) is 3.69. The topological polar surface area (TPSA) is 47.8 Å². The van der Waals surface area contributed by atoms with Crippen molar-refractivity contribution in [1.29, 1.82) is 5.26 Å². The minimum absolute atomic E-state index is 0.237. The van der Waals surface area contributed by atoms with Crippen molar-refractivity contribution in [2.24, 2.45) is 5.92 Å². The van der Waals surface area contributed by atoms with Crippen molar-refractivity contribution in [1.82, 2.24) is 5.32 Å². The molecule has 1 aliphatic rings. The zero-order chi connectivity index (χ0) is 17.8. The minimum atomic E-state index is -0.423. The first-order chi connectivity index (χ1) is 12.1. The lowest BCUT2D eigenvalue weighted by molar-refractivity contribution is 0.372. The summed E-state index contributed by atoms with van der Waals surface area (Å²) in [6, 6.07) is 9.62. The number of rotatable bonds is 4. The SMILES string of the molecule is Cc1ccc(Nc2cc(F)cc(CC3CCNCC3)c2C#N)c(F)c1. The highest BCUT2D eigenvalue weighted by Gasteiger charge is 2.18. The molecule has 25 heavy (non-hydrogen) atoms. The highest BCUT2D eigenvalue weighted by Crippen LogP contribution is 2.29. The number of halogens is 2. The van der Waals surface area contributed by atoms with Crippen LogP contribution in [0.1, 0.15) is 29.5 Å². The van der Waals surface area contributed by atoms with E-state index in [0.29, 0.717) is 29.2 Å². The van der Waals surface area contributed by atoms with Crippen LogP contribution in [0, 0.1) is 35.8 Å². The van der Waals surface area contributed by atoms with Crippen LogP contribution in [0.5, 0.6) is 0 Å². The van der Waals surface area contributed by atoms with Gasteiger partial charge in [0.15, 0.2) is 0 Å². The van der Waals surface area contributed by atoms with E-state index in [4.69, 9.17) is 0 Å². The molecule has 0 radical (unpaired) electrons. The maximum Gasteiger partial charge on any atom is 0.146 e. The Morgan fingerprint density at radius 1 is 1.16 bits per heavy atom. The molecular weight excluding hydrogens is 320 g/mol. The Labute approximate surface area is 146 Å². The van der Waals surface area contributed by atoms with Crippen LogP contribution in [0.15, 0.2) is 30.3 Å². The summed E-state index contributed by atoms with van der Waals surface area (Å²) < 4.78 is 28.2. The van der Waals surface area contributed by atoms with Crippen LogP contribution in [0.4, 0.5) is 20.2 Å². The first-order valence-electron chi connectivity index (χ1n) is 8.53. The predicted molar refractivity (Wildman–Crippen MR) is 94.8 cm³/mol. The predicted octanol–water partition coefficient (Wildman–Crippen LogP) is 4.43. The maximum absolute atomic E-state index is 14.1. The van der Waals surface area contributed by atoms with Crippen LogP contribution in [0.3, 0.4) is 0 Å². The first-order valence-corrected chi connectivity index (χ1v) is 8.53. The molecule has 0 aromatic heterocycles. The molecule has 1 heterocycles. The number of nitriles is 1. The fourth-order valence-corrected chi connectivity index (χ4v) is 3.32. The van der Waals surface area contributed by atoms with Gasteiger partial charge >= 0.3 is 0 Å². The second kappa shape index (κ2) is 7.62. The summed E-state index contributed by atoms with van der Waals surface area (Å²) >= 11 is 0. The Morgan fingerprint density at radius 2 is 1.92 bits per heavy atom. The third-order valence-electron chi connectivity index (χ3n) is 4.66. The van der Waals surface area contributed by atoms with Crippen molar-refractivity contribution < 1.29 is 8.78 Å². The third kappa shape index (κ3) is 4.15. The summed E-state index contributed by atoms with van der Waals surface area (Å²) in [6.07, 6.45) is 2.68. The van der Waals surface area contributed by atoms with Gasteiger partial charge in [-0.2, -0.15) is 5.26 Å². The van der Waals surface area contributed by atoms with E-state index in [9.17, 15) is 14.0 Å². The van der Waals surface area contributed by atoms with Crippen LogP contribution < -0.4 is 10.6 Å². The first kappa shape index (κ1) is 17.4. The summed E-state index contributed by atoms with van der Waals surface area (Å²) in [5.41, 5.74) is 2.42. The largest absolute Gasteiger partial charge is 0.352 e. The molecule has 0 aliphatic carbocycles. The number of hydrogen-bond donors (Lipinski definition) is 2. The zero-order valence-corrected chi connectivity index (χ0v) is 14.2. The van der Waals surface area contributed by atoms with Gasteiger partial charge in [-0.15, -0.1) is 0 Å². The summed E-state index contributed by atoms with van der Waals surface area (Å²) in [4.78, 5) is 0. The molecule has 0 unspecified atom stereocenters. The van der Waals surface area contributed by atoms with Crippen molar-refractivity contribution >= 4 is 11.4 Å². The van der Waals surface area contributed by atoms with E-state index in [1.807, 2.05) is 0 Å². The van der Waals surface area contributed by atoms with E-state index in [1.165, 1.54) is 18.2 Å². The summed E-state index contributed by atoms with van der Waals surface area (Å²) in [7, 11) is 0. The molecule has 0 saturated carbocycles. The lowest BCUT2D eigenvalue weighted by Gasteiger charge is -2.23. The number of aryl methyl sites for hydroxylation is 1. The molecule has 1 aliphatic heterocycles. The molecule has 0 spiro atoms. The minimum Gasteiger partial charge on any atom is -0.352 e. The maximum atomic E-state index is 14.1. The van der Waals surface area contributed by atoms with Gasteiger partial charge in [0.2, 0.25) is 0 Å². The fraction of sp³-hybridized carbons (Fsp3) is 0.350. The average molecular weight is 341 g/mol. The monoisotopic (exact) mass is 341 g/mol. The molecule has 130 valence electrons. The molecule has 0 atom stereocenters. The van der Waals surface area contributed by atoms with Gasteiger partial charge in [-0.3, -0.25) is 0 Å². The van der Waals surface area contributed by atoms with Gasteiger partial charge in [0, 0.05) is 0 Å². The Bertz CT molecular complexity index is 805. The zero-order valence-electron chi connectivity index (χ0n) is 14.2.